The number of aryl methyl sites for hydroxylation is 1. The molecule has 2 unspecified atom stereocenters. The van der Waals surface area contributed by atoms with Crippen molar-refractivity contribution in [2.75, 3.05) is 0 Å². The number of hydrogen-bond acceptors (Lipinski definition) is 1. The van der Waals surface area contributed by atoms with E-state index in [1.54, 1.807) is 6.92 Å². The van der Waals surface area contributed by atoms with Crippen molar-refractivity contribution in [3.63, 3.8) is 0 Å². The number of rotatable bonds is 1. The first-order valence-corrected chi connectivity index (χ1v) is 6.16. The van der Waals surface area contributed by atoms with E-state index in [4.69, 9.17) is 0 Å². The number of aliphatic hydroxyl groups is 1. The number of alkyl halides is 3. The molecule has 100 valence electrons. The third-order valence-corrected chi connectivity index (χ3v) is 4.03. The van der Waals surface area contributed by atoms with Gasteiger partial charge in [-0.1, -0.05) is 13.0 Å². The third kappa shape index (κ3) is 2.14. The van der Waals surface area contributed by atoms with E-state index in [-0.39, 0.29) is 5.92 Å². The number of halogens is 3. The highest BCUT2D eigenvalue weighted by Gasteiger charge is 2.41. The Hall–Kier alpha value is -1.03. The van der Waals surface area contributed by atoms with Crippen LogP contribution in [-0.4, -0.2) is 5.11 Å². The summed E-state index contributed by atoms with van der Waals surface area (Å²) in [5.41, 5.74) is -0.464. The van der Waals surface area contributed by atoms with Gasteiger partial charge >= 0.3 is 6.18 Å². The zero-order chi connectivity index (χ0) is 13.6. The highest BCUT2D eigenvalue weighted by Crippen LogP contribution is 2.45. The summed E-state index contributed by atoms with van der Waals surface area (Å²) in [5.74, 6) is 0.0907. The molecule has 0 spiro atoms. The predicted octanol–water partition coefficient (Wildman–Crippen LogP) is 4.02. The molecule has 2 rings (SSSR count). The SMILES string of the molecule is Cc1cc(C(F)(F)F)ccc1C1(O)CCCC1C. The lowest BCUT2D eigenvalue weighted by Gasteiger charge is -2.30. The quantitative estimate of drug-likeness (QED) is 0.806. The lowest BCUT2D eigenvalue weighted by Crippen LogP contribution is -2.29. The predicted molar refractivity (Wildman–Crippen MR) is 63.1 cm³/mol. The molecular weight excluding hydrogens is 241 g/mol. The molecule has 0 radical (unpaired) electrons. The molecule has 1 aliphatic carbocycles. The average Bonchev–Trinajstić information content (AvgIpc) is 2.58. The maximum atomic E-state index is 12.6. The highest BCUT2D eigenvalue weighted by molar-refractivity contribution is 5.37. The van der Waals surface area contributed by atoms with E-state index >= 15 is 0 Å². The summed E-state index contributed by atoms with van der Waals surface area (Å²) in [5, 5.41) is 10.6. The summed E-state index contributed by atoms with van der Waals surface area (Å²) < 4.78 is 37.8. The molecule has 0 heterocycles. The van der Waals surface area contributed by atoms with Crippen molar-refractivity contribution in [3.05, 3.63) is 34.9 Å². The lowest BCUT2D eigenvalue weighted by molar-refractivity contribution is -0.137. The van der Waals surface area contributed by atoms with Gasteiger partial charge in [0.1, 0.15) is 0 Å². The first-order chi connectivity index (χ1) is 8.25. The van der Waals surface area contributed by atoms with Gasteiger partial charge in [0, 0.05) is 0 Å². The first-order valence-electron chi connectivity index (χ1n) is 6.16. The minimum absolute atomic E-state index is 0.0907. The summed E-state index contributed by atoms with van der Waals surface area (Å²) >= 11 is 0. The van der Waals surface area contributed by atoms with Crippen molar-refractivity contribution >= 4 is 0 Å². The van der Waals surface area contributed by atoms with Gasteiger partial charge in [0.05, 0.1) is 11.2 Å². The van der Waals surface area contributed by atoms with Gasteiger partial charge in [0.25, 0.3) is 0 Å². The van der Waals surface area contributed by atoms with Gasteiger partial charge in [0.15, 0.2) is 0 Å². The van der Waals surface area contributed by atoms with Crippen molar-refractivity contribution in [3.8, 4) is 0 Å². The van der Waals surface area contributed by atoms with Gasteiger partial charge < -0.3 is 5.11 Å². The van der Waals surface area contributed by atoms with Crippen LogP contribution in [0, 0.1) is 12.8 Å². The maximum absolute atomic E-state index is 12.6. The largest absolute Gasteiger partial charge is 0.416 e. The summed E-state index contributed by atoms with van der Waals surface area (Å²) in [6.45, 7) is 3.58. The van der Waals surface area contributed by atoms with E-state index in [2.05, 4.69) is 0 Å². The second kappa shape index (κ2) is 4.26. The summed E-state index contributed by atoms with van der Waals surface area (Å²) in [6, 6.07) is 3.61. The summed E-state index contributed by atoms with van der Waals surface area (Å²) in [7, 11) is 0. The van der Waals surface area contributed by atoms with Gasteiger partial charge in [-0.25, -0.2) is 0 Å². The molecule has 0 saturated heterocycles. The second-order valence-electron chi connectivity index (χ2n) is 5.24. The van der Waals surface area contributed by atoms with Crippen LogP contribution in [0.2, 0.25) is 0 Å². The molecule has 0 bridgehead atoms. The Morgan fingerprint density at radius 2 is 2.00 bits per heavy atom. The molecule has 1 fully saturated rings. The van der Waals surface area contributed by atoms with Gasteiger partial charge in [-0.15, -0.1) is 0 Å². The minimum atomic E-state index is -4.33. The smallest absolute Gasteiger partial charge is 0.385 e. The Morgan fingerprint density at radius 1 is 1.33 bits per heavy atom. The molecule has 0 aliphatic heterocycles. The van der Waals surface area contributed by atoms with Crippen molar-refractivity contribution in [1.29, 1.82) is 0 Å². The number of hydrogen-bond donors (Lipinski definition) is 1. The standard InChI is InChI=1S/C14H17F3O/c1-9-8-11(14(15,16)17)5-6-12(9)13(18)7-3-4-10(13)2/h5-6,8,10,18H,3-4,7H2,1-2H3. The van der Waals surface area contributed by atoms with Crippen LogP contribution in [0.15, 0.2) is 18.2 Å². The van der Waals surface area contributed by atoms with Gasteiger partial charge in [-0.3, -0.25) is 0 Å². The molecule has 1 saturated carbocycles. The number of benzene rings is 1. The van der Waals surface area contributed by atoms with E-state index in [1.807, 2.05) is 6.92 Å². The van der Waals surface area contributed by atoms with Crippen LogP contribution in [0.4, 0.5) is 13.2 Å². The second-order valence-corrected chi connectivity index (χ2v) is 5.24. The fourth-order valence-corrected chi connectivity index (χ4v) is 2.89. The van der Waals surface area contributed by atoms with E-state index in [0.717, 1.165) is 25.0 Å². The molecule has 2 atom stereocenters. The topological polar surface area (TPSA) is 20.2 Å². The van der Waals surface area contributed by atoms with Crippen molar-refractivity contribution in [2.24, 2.45) is 5.92 Å². The van der Waals surface area contributed by atoms with E-state index in [0.29, 0.717) is 17.5 Å². The molecule has 0 amide bonds. The molecule has 1 nitrogen and oxygen atoms in total. The van der Waals surface area contributed by atoms with Gasteiger partial charge in [-0.2, -0.15) is 13.2 Å². The van der Waals surface area contributed by atoms with Crippen molar-refractivity contribution in [1.82, 2.24) is 0 Å². The van der Waals surface area contributed by atoms with E-state index in [1.165, 1.54) is 6.07 Å². The van der Waals surface area contributed by atoms with Gasteiger partial charge in [-0.05, 0) is 55.4 Å². The molecule has 1 aliphatic rings. The molecule has 1 aromatic carbocycles. The first kappa shape index (κ1) is 13.4. The van der Waals surface area contributed by atoms with Crippen LogP contribution in [0.25, 0.3) is 0 Å². The van der Waals surface area contributed by atoms with Crippen molar-refractivity contribution in [2.45, 2.75) is 44.9 Å². The fourth-order valence-electron chi connectivity index (χ4n) is 2.89. The Labute approximate surface area is 105 Å². The Balaban J connectivity index is 2.42. The molecule has 4 heteroatoms. The van der Waals surface area contributed by atoms with Crippen molar-refractivity contribution < 1.29 is 18.3 Å². The molecular formula is C14H17F3O. The van der Waals surface area contributed by atoms with E-state index in [9.17, 15) is 18.3 Å². The summed E-state index contributed by atoms with van der Waals surface area (Å²) in [4.78, 5) is 0. The molecule has 1 aromatic rings. The van der Waals surface area contributed by atoms with Crippen LogP contribution >= 0.6 is 0 Å². The fraction of sp³-hybridized carbons (Fsp3) is 0.571. The van der Waals surface area contributed by atoms with Crippen LogP contribution in [0.5, 0.6) is 0 Å². The third-order valence-electron chi connectivity index (χ3n) is 4.03. The Bertz CT molecular complexity index is 453. The normalized spacial score (nSPS) is 28.7. The summed E-state index contributed by atoms with van der Waals surface area (Å²) in [6.07, 6.45) is -1.87. The van der Waals surface area contributed by atoms with Crippen LogP contribution in [0.1, 0.15) is 42.9 Å². The average molecular weight is 258 g/mol. The molecule has 18 heavy (non-hydrogen) atoms. The maximum Gasteiger partial charge on any atom is 0.416 e. The van der Waals surface area contributed by atoms with E-state index < -0.39 is 17.3 Å². The highest BCUT2D eigenvalue weighted by atomic mass is 19.4. The molecule has 1 N–H and O–H groups in total. The molecule has 0 aromatic heterocycles. The Morgan fingerprint density at radius 3 is 2.44 bits per heavy atom. The zero-order valence-corrected chi connectivity index (χ0v) is 10.5. The van der Waals surface area contributed by atoms with Crippen LogP contribution < -0.4 is 0 Å². The minimum Gasteiger partial charge on any atom is -0.385 e. The van der Waals surface area contributed by atoms with Crippen LogP contribution in [0.3, 0.4) is 0 Å². The van der Waals surface area contributed by atoms with Gasteiger partial charge in [0.2, 0.25) is 0 Å². The lowest BCUT2D eigenvalue weighted by atomic mass is 9.82. The monoisotopic (exact) mass is 258 g/mol. The van der Waals surface area contributed by atoms with Crippen LogP contribution in [-0.2, 0) is 11.8 Å². The zero-order valence-electron chi connectivity index (χ0n) is 10.5. The Kier molecular flexibility index (Phi) is 3.18.